The third-order valence-electron chi connectivity index (χ3n) is 2.50. The number of aromatic nitrogens is 2. The predicted octanol–water partition coefficient (Wildman–Crippen LogP) is 4.53. The maximum absolute atomic E-state index is 12.8. The summed E-state index contributed by atoms with van der Waals surface area (Å²) in [5, 5.41) is 9.25. The number of amides is 2. The van der Waals surface area contributed by atoms with Gasteiger partial charge in [0.1, 0.15) is 0 Å². The molecule has 0 atom stereocenters. The Balaban J connectivity index is 2.18. The van der Waals surface area contributed by atoms with Gasteiger partial charge in [0, 0.05) is 12.7 Å². The number of carbonyl (C=O) groups excluding carboxylic acids is 1. The van der Waals surface area contributed by atoms with Crippen LogP contribution in [0.3, 0.4) is 0 Å². The first-order valence-corrected chi connectivity index (χ1v) is 7.16. The zero-order valence-electron chi connectivity index (χ0n) is 10.8. The normalized spacial score (nSPS) is 11.4. The molecule has 0 radical (unpaired) electrons. The first-order chi connectivity index (χ1) is 10.2. The third kappa shape index (κ3) is 3.79. The summed E-state index contributed by atoms with van der Waals surface area (Å²) in [6.07, 6.45) is -4.61. The van der Waals surface area contributed by atoms with E-state index in [2.05, 4.69) is 15.5 Å². The number of urea groups is 1. The van der Waals surface area contributed by atoms with Crippen LogP contribution in [0.25, 0.3) is 0 Å². The highest BCUT2D eigenvalue weighted by molar-refractivity contribution is 7.19. The molecule has 0 saturated carbocycles. The molecule has 5 nitrogen and oxygen atoms in total. The van der Waals surface area contributed by atoms with Gasteiger partial charge < -0.3 is 5.32 Å². The van der Waals surface area contributed by atoms with Crippen molar-refractivity contribution in [1.82, 2.24) is 10.2 Å². The van der Waals surface area contributed by atoms with E-state index in [9.17, 15) is 18.0 Å². The Morgan fingerprint density at radius 3 is 2.55 bits per heavy atom. The zero-order valence-corrected chi connectivity index (χ0v) is 13.1. The SMILES string of the molecule is CN(C(=O)Nc1ccc(Cl)c(C(F)(F)F)c1)c1nnc(Cl)s1. The molecule has 0 aliphatic rings. The summed E-state index contributed by atoms with van der Waals surface area (Å²) in [6.45, 7) is 0. The van der Waals surface area contributed by atoms with Crippen LogP contribution in [0, 0.1) is 0 Å². The van der Waals surface area contributed by atoms with Crippen molar-refractivity contribution in [1.29, 1.82) is 0 Å². The van der Waals surface area contributed by atoms with Crippen LogP contribution in [0.4, 0.5) is 28.8 Å². The lowest BCUT2D eigenvalue weighted by molar-refractivity contribution is -0.137. The van der Waals surface area contributed by atoms with Crippen LogP contribution in [0.15, 0.2) is 18.2 Å². The monoisotopic (exact) mass is 370 g/mol. The van der Waals surface area contributed by atoms with Gasteiger partial charge in [-0.15, -0.1) is 10.2 Å². The molecule has 1 N–H and O–H groups in total. The van der Waals surface area contributed by atoms with Crippen LogP contribution < -0.4 is 10.2 Å². The molecule has 1 aromatic carbocycles. The van der Waals surface area contributed by atoms with Crippen LogP contribution in [-0.4, -0.2) is 23.3 Å². The zero-order chi connectivity index (χ0) is 16.5. The van der Waals surface area contributed by atoms with Crippen molar-refractivity contribution in [2.24, 2.45) is 0 Å². The second kappa shape index (κ2) is 6.27. The molecular formula is C11H7Cl2F3N4OS. The van der Waals surface area contributed by atoms with E-state index in [4.69, 9.17) is 23.2 Å². The number of hydrogen-bond donors (Lipinski definition) is 1. The minimum Gasteiger partial charge on any atom is -0.307 e. The standard InChI is InChI=1S/C11H7Cl2F3N4OS/c1-20(10-19-18-8(13)22-10)9(21)17-5-2-3-7(12)6(4-5)11(14,15)16/h2-4H,1H3,(H,17,21). The van der Waals surface area contributed by atoms with Crippen molar-refractivity contribution < 1.29 is 18.0 Å². The highest BCUT2D eigenvalue weighted by atomic mass is 35.5. The molecule has 118 valence electrons. The Kier molecular flexibility index (Phi) is 4.78. The first kappa shape index (κ1) is 16.8. The lowest BCUT2D eigenvalue weighted by atomic mass is 10.2. The van der Waals surface area contributed by atoms with Crippen molar-refractivity contribution in [2.45, 2.75) is 6.18 Å². The molecule has 1 heterocycles. The van der Waals surface area contributed by atoms with Crippen molar-refractivity contribution in [3.8, 4) is 0 Å². The van der Waals surface area contributed by atoms with Gasteiger partial charge in [-0.25, -0.2) is 4.79 Å². The van der Waals surface area contributed by atoms with Crippen LogP contribution in [0.1, 0.15) is 5.56 Å². The number of hydrogen-bond acceptors (Lipinski definition) is 4. The highest BCUT2D eigenvalue weighted by Crippen LogP contribution is 2.36. The average molecular weight is 371 g/mol. The van der Waals surface area contributed by atoms with Crippen LogP contribution in [0.5, 0.6) is 0 Å². The molecule has 0 spiro atoms. The van der Waals surface area contributed by atoms with Gasteiger partial charge in [0.2, 0.25) is 9.60 Å². The molecule has 0 bridgehead atoms. The number of nitrogens with zero attached hydrogens (tertiary/aromatic N) is 3. The van der Waals surface area contributed by atoms with E-state index in [0.717, 1.165) is 28.4 Å². The van der Waals surface area contributed by atoms with E-state index >= 15 is 0 Å². The Morgan fingerprint density at radius 1 is 1.32 bits per heavy atom. The quantitative estimate of drug-likeness (QED) is 0.844. The number of halogens is 5. The van der Waals surface area contributed by atoms with Gasteiger partial charge in [0.15, 0.2) is 0 Å². The molecule has 0 unspecified atom stereocenters. The topological polar surface area (TPSA) is 58.1 Å². The van der Waals surface area contributed by atoms with E-state index in [1.807, 2.05) is 0 Å². The van der Waals surface area contributed by atoms with Gasteiger partial charge in [-0.3, -0.25) is 4.90 Å². The maximum atomic E-state index is 12.8. The molecule has 2 amide bonds. The van der Waals surface area contributed by atoms with E-state index in [0.29, 0.717) is 0 Å². The number of nitrogens with one attached hydrogen (secondary N) is 1. The van der Waals surface area contributed by atoms with E-state index in [1.54, 1.807) is 0 Å². The predicted molar refractivity (Wildman–Crippen MR) is 78.8 cm³/mol. The molecule has 22 heavy (non-hydrogen) atoms. The molecule has 2 rings (SSSR count). The Hall–Kier alpha value is -1.58. The minimum absolute atomic E-state index is 0.0517. The molecule has 1 aromatic heterocycles. The lowest BCUT2D eigenvalue weighted by Crippen LogP contribution is -2.31. The fourth-order valence-corrected chi connectivity index (χ4v) is 2.45. The summed E-state index contributed by atoms with van der Waals surface area (Å²) >= 11 is 12.1. The molecule has 0 fully saturated rings. The summed E-state index contributed by atoms with van der Waals surface area (Å²) in [5.41, 5.74) is -1.09. The van der Waals surface area contributed by atoms with E-state index in [1.165, 1.54) is 13.1 Å². The summed E-state index contributed by atoms with van der Waals surface area (Å²) in [7, 11) is 1.38. The summed E-state index contributed by atoms with van der Waals surface area (Å²) in [6, 6.07) is 2.38. The maximum Gasteiger partial charge on any atom is 0.417 e. The Morgan fingerprint density at radius 2 is 2.00 bits per heavy atom. The number of alkyl halides is 3. The number of carbonyl (C=O) groups is 1. The molecule has 11 heteroatoms. The first-order valence-electron chi connectivity index (χ1n) is 5.59. The van der Waals surface area contributed by atoms with Crippen molar-refractivity contribution >= 4 is 51.4 Å². The largest absolute Gasteiger partial charge is 0.417 e. The second-order valence-electron chi connectivity index (χ2n) is 4.02. The lowest BCUT2D eigenvalue weighted by Gasteiger charge is -2.16. The van der Waals surface area contributed by atoms with Crippen molar-refractivity contribution in [3.05, 3.63) is 33.3 Å². The van der Waals surface area contributed by atoms with Gasteiger partial charge >= 0.3 is 12.2 Å². The Labute approximate surface area is 136 Å². The number of benzene rings is 1. The van der Waals surface area contributed by atoms with Gasteiger partial charge in [-0.2, -0.15) is 13.2 Å². The van der Waals surface area contributed by atoms with E-state index in [-0.39, 0.29) is 15.3 Å². The van der Waals surface area contributed by atoms with Gasteiger partial charge in [-0.05, 0) is 29.8 Å². The van der Waals surface area contributed by atoms with Crippen LogP contribution in [0.2, 0.25) is 9.49 Å². The fourth-order valence-electron chi connectivity index (χ4n) is 1.45. The molecule has 0 saturated heterocycles. The van der Waals surface area contributed by atoms with Gasteiger partial charge in [0.05, 0.1) is 10.6 Å². The van der Waals surface area contributed by atoms with Crippen molar-refractivity contribution in [2.75, 3.05) is 17.3 Å². The summed E-state index contributed by atoms with van der Waals surface area (Å²) in [5.74, 6) is 0. The smallest absolute Gasteiger partial charge is 0.307 e. The number of anilines is 2. The van der Waals surface area contributed by atoms with Crippen LogP contribution >= 0.6 is 34.5 Å². The van der Waals surface area contributed by atoms with Gasteiger partial charge in [0.25, 0.3) is 0 Å². The molecule has 2 aromatic rings. The second-order valence-corrected chi connectivity index (χ2v) is 5.96. The fraction of sp³-hybridized carbons (Fsp3) is 0.182. The van der Waals surface area contributed by atoms with Gasteiger partial charge in [-0.1, -0.05) is 22.9 Å². The third-order valence-corrected chi connectivity index (χ3v) is 3.93. The Bertz CT molecular complexity index is 707. The molecule has 0 aliphatic carbocycles. The number of rotatable bonds is 2. The van der Waals surface area contributed by atoms with Crippen LogP contribution in [-0.2, 0) is 6.18 Å². The summed E-state index contributed by atoms with van der Waals surface area (Å²) < 4.78 is 38.4. The summed E-state index contributed by atoms with van der Waals surface area (Å²) in [4.78, 5) is 13.0. The molecule has 0 aliphatic heterocycles. The minimum atomic E-state index is -4.61. The molecular weight excluding hydrogens is 364 g/mol. The van der Waals surface area contributed by atoms with E-state index < -0.39 is 22.8 Å². The highest BCUT2D eigenvalue weighted by Gasteiger charge is 2.33. The van der Waals surface area contributed by atoms with Crippen molar-refractivity contribution in [3.63, 3.8) is 0 Å². The average Bonchev–Trinajstić information content (AvgIpc) is 2.85.